The average molecular weight is 449 g/mol. The van der Waals surface area contributed by atoms with Gasteiger partial charge in [-0.1, -0.05) is 67.6 Å². The number of nitrogens with zero attached hydrogens (tertiary/aromatic N) is 1. The van der Waals surface area contributed by atoms with Crippen LogP contribution in [0.4, 0.5) is 10.1 Å². The molecule has 1 aliphatic heterocycles. The average Bonchev–Trinajstić information content (AvgIpc) is 2.82. The Balaban J connectivity index is 1.57. The van der Waals surface area contributed by atoms with Crippen molar-refractivity contribution < 1.29 is 14.0 Å². The lowest BCUT2D eigenvalue weighted by molar-refractivity contribution is -0.128. The summed E-state index contributed by atoms with van der Waals surface area (Å²) in [6.07, 6.45) is 0. The summed E-state index contributed by atoms with van der Waals surface area (Å²) in [4.78, 5) is 29.1. The third-order valence-corrected chi connectivity index (χ3v) is 7.19. The maximum Gasteiger partial charge on any atom is 0.241 e. The van der Waals surface area contributed by atoms with Crippen molar-refractivity contribution in [1.82, 2.24) is 5.32 Å². The fraction of sp³-hybridized carbons (Fsp3) is 0.231. The van der Waals surface area contributed by atoms with Gasteiger partial charge in [0.25, 0.3) is 0 Å². The second kappa shape index (κ2) is 9.57. The van der Waals surface area contributed by atoms with Gasteiger partial charge in [0, 0.05) is 10.5 Å². The van der Waals surface area contributed by atoms with E-state index in [1.807, 2.05) is 61.5 Å². The van der Waals surface area contributed by atoms with E-state index in [0.29, 0.717) is 5.56 Å². The molecule has 0 aromatic heterocycles. The van der Waals surface area contributed by atoms with E-state index >= 15 is 0 Å². The van der Waals surface area contributed by atoms with Gasteiger partial charge >= 0.3 is 0 Å². The Morgan fingerprint density at radius 1 is 1.00 bits per heavy atom. The Labute approximate surface area is 191 Å². The molecule has 0 saturated heterocycles. The monoisotopic (exact) mass is 448 g/mol. The van der Waals surface area contributed by atoms with Crippen molar-refractivity contribution in [2.45, 2.75) is 36.6 Å². The summed E-state index contributed by atoms with van der Waals surface area (Å²) in [5.41, 5.74) is 2.19. The Hall–Kier alpha value is -3.12. The lowest BCUT2D eigenvalue weighted by Gasteiger charge is -2.36. The van der Waals surface area contributed by atoms with E-state index in [1.54, 1.807) is 30.0 Å². The van der Waals surface area contributed by atoms with E-state index in [4.69, 9.17) is 0 Å². The highest BCUT2D eigenvalue weighted by molar-refractivity contribution is 8.01. The molecule has 6 heteroatoms. The van der Waals surface area contributed by atoms with Gasteiger partial charge in [0.15, 0.2) is 0 Å². The zero-order valence-corrected chi connectivity index (χ0v) is 18.8. The number of hydrogen-bond acceptors (Lipinski definition) is 3. The molecule has 1 N–H and O–H groups in total. The Kier molecular flexibility index (Phi) is 6.61. The molecular weight excluding hydrogens is 423 g/mol. The van der Waals surface area contributed by atoms with Gasteiger partial charge in [-0.2, -0.15) is 0 Å². The summed E-state index contributed by atoms with van der Waals surface area (Å²) >= 11 is 1.40. The predicted molar refractivity (Wildman–Crippen MR) is 126 cm³/mol. The molecule has 4 rings (SSSR count). The first-order chi connectivity index (χ1) is 15.5. The third kappa shape index (κ3) is 4.55. The van der Waals surface area contributed by atoms with Gasteiger partial charge in [-0.25, -0.2) is 4.39 Å². The second-order valence-corrected chi connectivity index (χ2v) is 9.14. The molecule has 4 nitrogen and oxygen atoms in total. The number of halogens is 1. The van der Waals surface area contributed by atoms with E-state index in [0.717, 1.165) is 16.1 Å². The molecule has 0 bridgehead atoms. The molecule has 1 heterocycles. The summed E-state index contributed by atoms with van der Waals surface area (Å²) in [5, 5.41) is 2.43. The second-order valence-electron chi connectivity index (χ2n) is 7.95. The molecule has 3 aromatic rings. The molecule has 2 amide bonds. The van der Waals surface area contributed by atoms with Crippen LogP contribution in [0.2, 0.25) is 0 Å². The molecular formula is C26H25FN2O2S. The number of anilines is 1. The number of rotatable bonds is 6. The Morgan fingerprint density at radius 3 is 2.41 bits per heavy atom. The van der Waals surface area contributed by atoms with E-state index in [9.17, 15) is 14.0 Å². The number of thioether (sulfide) groups is 1. The van der Waals surface area contributed by atoms with Crippen LogP contribution >= 0.6 is 11.8 Å². The summed E-state index contributed by atoms with van der Waals surface area (Å²) < 4.78 is 14.3. The molecule has 0 saturated carbocycles. The fourth-order valence-corrected chi connectivity index (χ4v) is 5.11. The number of carbonyl (C=O) groups is 2. The van der Waals surface area contributed by atoms with E-state index < -0.39 is 11.2 Å². The van der Waals surface area contributed by atoms with Crippen molar-refractivity contribution in [3.05, 3.63) is 95.8 Å². The number of carbonyl (C=O) groups excluding carboxylic acids is 2. The van der Waals surface area contributed by atoms with Gasteiger partial charge in [0.2, 0.25) is 11.8 Å². The van der Waals surface area contributed by atoms with Crippen LogP contribution in [0.3, 0.4) is 0 Å². The first-order valence-corrected chi connectivity index (χ1v) is 11.5. The van der Waals surface area contributed by atoms with Crippen molar-refractivity contribution in [3.63, 3.8) is 0 Å². The molecule has 1 aliphatic rings. The van der Waals surface area contributed by atoms with Crippen molar-refractivity contribution in [2.24, 2.45) is 5.92 Å². The number of hydrogen-bond donors (Lipinski definition) is 1. The van der Waals surface area contributed by atoms with Gasteiger partial charge in [-0.15, -0.1) is 11.8 Å². The van der Waals surface area contributed by atoms with Gasteiger partial charge < -0.3 is 10.2 Å². The third-order valence-electron chi connectivity index (χ3n) is 5.73. The number of fused-ring (bicyclic) bond motifs is 1. The summed E-state index contributed by atoms with van der Waals surface area (Å²) in [6, 6.07) is 23.6. The lowest BCUT2D eigenvalue weighted by atomic mass is 10.0. The van der Waals surface area contributed by atoms with Crippen LogP contribution < -0.4 is 10.2 Å². The quantitative estimate of drug-likeness (QED) is 0.553. The minimum Gasteiger partial charge on any atom is -0.349 e. The molecule has 0 radical (unpaired) electrons. The SMILES string of the molecule is CC(NC(=O)C(C)C1Sc2ccccc2N(Cc2ccccc2F)C1=O)c1ccccc1. The molecule has 0 fully saturated rings. The zero-order chi connectivity index (χ0) is 22.7. The normalized spacial score (nSPS) is 17.4. The zero-order valence-electron chi connectivity index (χ0n) is 18.0. The molecule has 0 spiro atoms. The number of para-hydroxylation sites is 1. The van der Waals surface area contributed by atoms with Gasteiger partial charge in [0.05, 0.1) is 24.2 Å². The van der Waals surface area contributed by atoms with Crippen molar-refractivity contribution >= 4 is 29.3 Å². The number of amides is 2. The minimum absolute atomic E-state index is 0.119. The lowest BCUT2D eigenvalue weighted by Crippen LogP contribution is -2.47. The Bertz CT molecular complexity index is 1120. The first kappa shape index (κ1) is 22.1. The number of benzene rings is 3. The molecule has 3 unspecified atom stereocenters. The van der Waals surface area contributed by atoms with Crippen molar-refractivity contribution in [2.75, 3.05) is 4.90 Å². The Morgan fingerprint density at radius 2 is 1.66 bits per heavy atom. The van der Waals surface area contributed by atoms with Crippen LogP contribution in [-0.4, -0.2) is 17.1 Å². The topological polar surface area (TPSA) is 49.4 Å². The summed E-state index contributed by atoms with van der Waals surface area (Å²) in [5.74, 6) is -1.28. The van der Waals surface area contributed by atoms with Crippen LogP contribution in [0.5, 0.6) is 0 Å². The highest BCUT2D eigenvalue weighted by Crippen LogP contribution is 2.42. The molecule has 3 atom stereocenters. The van der Waals surface area contributed by atoms with Gasteiger partial charge in [0.1, 0.15) is 11.1 Å². The van der Waals surface area contributed by atoms with Crippen LogP contribution in [0, 0.1) is 11.7 Å². The van der Waals surface area contributed by atoms with Crippen LogP contribution in [-0.2, 0) is 16.1 Å². The van der Waals surface area contributed by atoms with Gasteiger partial charge in [-0.05, 0) is 30.7 Å². The maximum absolute atomic E-state index is 14.3. The van der Waals surface area contributed by atoms with Crippen LogP contribution in [0.25, 0.3) is 0 Å². The standard InChI is InChI=1S/C26H25FN2O2S/c1-17(25(30)28-18(2)19-10-4-3-5-11-19)24-26(31)29(16-20-12-6-7-13-21(20)27)22-14-8-9-15-23(22)32-24/h3-15,17-18,24H,16H2,1-2H3,(H,28,30). The van der Waals surface area contributed by atoms with Crippen molar-refractivity contribution in [3.8, 4) is 0 Å². The van der Waals surface area contributed by atoms with Gasteiger partial charge in [-0.3, -0.25) is 9.59 Å². The van der Waals surface area contributed by atoms with E-state index in [2.05, 4.69) is 5.32 Å². The maximum atomic E-state index is 14.3. The molecule has 3 aromatic carbocycles. The molecule has 32 heavy (non-hydrogen) atoms. The summed E-state index contributed by atoms with van der Waals surface area (Å²) in [7, 11) is 0. The summed E-state index contributed by atoms with van der Waals surface area (Å²) in [6.45, 7) is 3.82. The highest BCUT2D eigenvalue weighted by atomic mass is 32.2. The smallest absolute Gasteiger partial charge is 0.241 e. The van der Waals surface area contributed by atoms with Crippen molar-refractivity contribution in [1.29, 1.82) is 0 Å². The molecule has 0 aliphatic carbocycles. The highest BCUT2D eigenvalue weighted by Gasteiger charge is 2.39. The van der Waals surface area contributed by atoms with Crippen LogP contribution in [0.15, 0.2) is 83.8 Å². The predicted octanol–water partition coefficient (Wildman–Crippen LogP) is 5.35. The number of nitrogens with one attached hydrogen (secondary N) is 1. The molecule has 164 valence electrons. The fourth-order valence-electron chi connectivity index (χ4n) is 3.82. The van der Waals surface area contributed by atoms with Crippen LogP contribution in [0.1, 0.15) is 31.0 Å². The largest absolute Gasteiger partial charge is 0.349 e. The first-order valence-electron chi connectivity index (χ1n) is 10.6. The van der Waals surface area contributed by atoms with E-state index in [1.165, 1.54) is 17.8 Å². The van der Waals surface area contributed by atoms with E-state index in [-0.39, 0.29) is 30.2 Å². The minimum atomic E-state index is -0.598.